The number of amides is 1. The van der Waals surface area contributed by atoms with Gasteiger partial charge in [-0.3, -0.25) is 9.52 Å². The monoisotopic (exact) mass is 426 g/mol. The van der Waals surface area contributed by atoms with Gasteiger partial charge >= 0.3 is 0 Å². The molecule has 0 spiro atoms. The predicted octanol–water partition coefficient (Wildman–Crippen LogP) is 3.43. The smallest absolute Gasteiger partial charge is 0.262 e. The van der Waals surface area contributed by atoms with Crippen molar-refractivity contribution in [3.05, 3.63) is 83.9 Å². The summed E-state index contributed by atoms with van der Waals surface area (Å²) in [6.07, 6.45) is 0. The molecule has 30 heavy (non-hydrogen) atoms. The number of benzene rings is 3. The molecule has 8 heteroatoms. The number of ether oxygens (including phenoxy) is 2. The fraction of sp³-hybridized carbons (Fsp3) is 0.136. The zero-order valence-corrected chi connectivity index (χ0v) is 17.4. The molecule has 0 heterocycles. The van der Waals surface area contributed by atoms with E-state index in [0.29, 0.717) is 22.7 Å². The Hall–Kier alpha value is -3.52. The van der Waals surface area contributed by atoms with E-state index in [-0.39, 0.29) is 17.3 Å². The van der Waals surface area contributed by atoms with Gasteiger partial charge in [-0.2, -0.15) is 0 Å². The molecule has 0 fully saturated rings. The second-order valence-corrected chi connectivity index (χ2v) is 8.01. The first-order valence-electron chi connectivity index (χ1n) is 9.10. The van der Waals surface area contributed by atoms with E-state index in [1.54, 1.807) is 31.4 Å². The van der Waals surface area contributed by atoms with Crippen LogP contribution in [0.1, 0.15) is 15.9 Å². The lowest BCUT2D eigenvalue weighted by Crippen LogP contribution is -2.23. The number of rotatable bonds is 8. The molecule has 0 radical (unpaired) electrons. The number of methoxy groups -OCH3 is 2. The largest absolute Gasteiger partial charge is 0.496 e. The van der Waals surface area contributed by atoms with E-state index < -0.39 is 10.0 Å². The molecule has 7 nitrogen and oxygen atoms in total. The highest BCUT2D eigenvalue weighted by Gasteiger charge is 2.17. The van der Waals surface area contributed by atoms with Crippen LogP contribution in [0.2, 0.25) is 0 Å². The van der Waals surface area contributed by atoms with Crippen molar-refractivity contribution in [2.45, 2.75) is 11.4 Å². The molecule has 0 bridgehead atoms. The number of hydrogen-bond acceptors (Lipinski definition) is 5. The van der Waals surface area contributed by atoms with Gasteiger partial charge in [-0.1, -0.05) is 30.3 Å². The van der Waals surface area contributed by atoms with E-state index in [1.165, 1.54) is 31.4 Å². The molecule has 0 saturated carbocycles. The fourth-order valence-corrected chi connectivity index (χ4v) is 3.92. The molecule has 3 aromatic rings. The quantitative estimate of drug-likeness (QED) is 0.576. The summed E-state index contributed by atoms with van der Waals surface area (Å²) in [6, 6.07) is 19.8. The minimum absolute atomic E-state index is 0.0367. The van der Waals surface area contributed by atoms with Crippen molar-refractivity contribution in [2.75, 3.05) is 18.9 Å². The van der Waals surface area contributed by atoms with Crippen LogP contribution in [-0.2, 0) is 16.6 Å². The van der Waals surface area contributed by atoms with Crippen LogP contribution >= 0.6 is 0 Å². The van der Waals surface area contributed by atoms with Crippen LogP contribution in [0.25, 0.3) is 0 Å². The lowest BCUT2D eigenvalue weighted by molar-refractivity contribution is 0.0950. The topological polar surface area (TPSA) is 93.7 Å². The highest BCUT2D eigenvalue weighted by atomic mass is 32.2. The Morgan fingerprint density at radius 1 is 0.833 bits per heavy atom. The maximum absolute atomic E-state index is 12.7. The van der Waals surface area contributed by atoms with Crippen LogP contribution in [0, 0.1) is 0 Å². The van der Waals surface area contributed by atoms with Gasteiger partial charge in [0.15, 0.2) is 0 Å². The maximum atomic E-state index is 12.7. The fourth-order valence-electron chi connectivity index (χ4n) is 2.84. The van der Waals surface area contributed by atoms with Gasteiger partial charge in [0.2, 0.25) is 0 Å². The molecule has 0 atom stereocenters. The molecular formula is C22H22N2O5S. The van der Waals surface area contributed by atoms with Crippen LogP contribution in [0.15, 0.2) is 77.7 Å². The predicted molar refractivity (Wildman–Crippen MR) is 114 cm³/mol. The molecule has 3 aromatic carbocycles. The highest BCUT2D eigenvalue weighted by molar-refractivity contribution is 7.92. The molecule has 0 aromatic heterocycles. The van der Waals surface area contributed by atoms with Crippen LogP contribution < -0.4 is 19.5 Å². The van der Waals surface area contributed by atoms with Crippen molar-refractivity contribution in [1.82, 2.24) is 5.32 Å². The number of para-hydroxylation sites is 3. The van der Waals surface area contributed by atoms with Crippen LogP contribution in [0.4, 0.5) is 5.69 Å². The van der Waals surface area contributed by atoms with Gasteiger partial charge in [0.25, 0.3) is 15.9 Å². The second kappa shape index (κ2) is 9.32. The molecule has 0 unspecified atom stereocenters. The first-order chi connectivity index (χ1) is 14.4. The first kappa shape index (κ1) is 21.2. The third-order valence-corrected chi connectivity index (χ3v) is 5.79. The Labute approximate surface area is 175 Å². The van der Waals surface area contributed by atoms with Gasteiger partial charge in [0.05, 0.1) is 24.8 Å². The lowest BCUT2D eigenvalue weighted by Gasteiger charge is -2.12. The summed E-state index contributed by atoms with van der Waals surface area (Å²) in [4.78, 5) is 12.5. The Bertz CT molecular complexity index is 1130. The maximum Gasteiger partial charge on any atom is 0.262 e. The number of anilines is 1. The normalized spacial score (nSPS) is 10.9. The van der Waals surface area contributed by atoms with Gasteiger partial charge in [0.1, 0.15) is 11.5 Å². The third kappa shape index (κ3) is 4.90. The lowest BCUT2D eigenvalue weighted by atomic mass is 10.2. The van der Waals surface area contributed by atoms with Gasteiger partial charge in [-0.15, -0.1) is 0 Å². The zero-order chi connectivity index (χ0) is 21.6. The van der Waals surface area contributed by atoms with Gasteiger partial charge < -0.3 is 14.8 Å². The number of nitrogens with one attached hydrogen (secondary N) is 2. The molecule has 0 saturated heterocycles. The van der Waals surface area contributed by atoms with Gasteiger partial charge in [-0.05, 0) is 42.5 Å². The second-order valence-electron chi connectivity index (χ2n) is 6.32. The summed E-state index contributed by atoms with van der Waals surface area (Å²) in [5.74, 6) is 0.776. The summed E-state index contributed by atoms with van der Waals surface area (Å²) in [5, 5.41) is 2.80. The molecule has 0 aliphatic carbocycles. The summed E-state index contributed by atoms with van der Waals surface area (Å²) in [5.41, 5.74) is 1.52. The van der Waals surface area contributed by atoms with E-state index in [4.69, 9.17) is 9.47 Å². The SMILES string of the molecule is COc1ccccc1CNC(=O)c1ccc(S(=O)(=O)Nc2ccccc2OC)cc1. The van der Waals surface area contributed by atoms with Crippen LogP contribution in [0.5, 0.6) is 11.5 Å². The van der Waals surface area contributed by atoms with Gasteiger partial charge in [-0.25, -0.2) is 8.42 Å². The minimum Gasteiger partial charge on any atom is -0.496 e. The van der Waals surface area contributed by atoms with Crippen molar-refractivity contribution in [1.29, 1.82) is 0 Å². The van der Waals surface area contributed by atoms with E-state index in [9.17, 15) is 13.2 Å². The third-order valence-electron chi connectivity index (χ3n) is 4.41. The van der Waals surface area contributed by atoms with E-state index in [1.807, 2.05) is 24.3 Å². The zero-order valence-electron chi connectivity index (χ0n) is 16.6. The highest BCUT2D eigenvalue weighted by Crippen LogP contribution is 2.26. The number of hydrogen-bond donors (Lipinski definition) is 2. The summed E-state index contributed by atoms with van der Waals surface area (Å²) in [6.45, 7) is 0.290. The van der Waals surface area contributed by atoms with Crippen molar-refractivity contribution in [3.8, 4) is 11.5 Å². The van der Waals surface area contributed by atoms with E-state index in [2.05, 4.69) is 10.0 Å². The van der Waals surface area contributed by atoms with Crippen LogP contribution in [-0.4, -0.2) is 28.5 Å². The summed E-state index contributed by atoms with van der Waals surface area (Å²) in [7, 11) is -0.799. The van der Waals surface area contributed by atoms with Crippen molar-refractivity contribution < 1.29 is 22.7 Å². The van der Waals surface area contributed by atoms with E-state index in [0.717, 1.165) is 5.56 Å². The van der Waals surface area contributed by atoms with Gasteiger partial charge in [0, 0.05) is 17.7 Å². The Morgan fingerprint density at radius 3 is 2.10 bits per heavy atom. The first-order valence-corrected chi connectivity index (χ1v) is 10.6. The van der Waals surface area contributed by atoms with Crippen molar-refractivity contribution in [2.24, 2.45) is 0 Å². The average Bonchev–Trinajstić information content (AvgIpc) is 2.77. The number of carbonyl (C=O) groups excluding carboxylic acids is 1. The molecule has 3 rings (SSSR count). The van der Waals surface area contributed by atoms with Crippen molar-refractivity contribution in [3.63, 3.8) is 0 Å². The molecule has 0 aliphatic heterocycles. The Kier molecular flexibility index (Phi) is 6.58. The molecule has 0 aliphatic rings. The standard InChI is InChI=1S/C22H22N2O5S/c1-28-20-9-5-3-7-17(20)15-23-22(25)16-11-13-18(14-12-16)30(26,27)24-19-8-4-6-10-21(19)29-2/h3-14,24H,15H2,1-2H3,(H,23,25). The van der Waals surface area contributed by atoms with Crippen LogP contribution in [0.3, 0.4) is 0 Å². The van der Waals surface area contributed by atoms with Crippen molar-refractivity contribution >= 4 is 21.6 Å². The molecule has 156 valence electrons. The summed E-state index contributed by atoms with van der Waals surface area (Å²) < 4.78 is 38.2. The molecular weight excluding hydrogens is 404 g/mol. The molecule has 1 amide bonds. The number of sulfonamides is 1. The Balaban J connectivity index is 1.70. The Morgan fingerprint density at radius 2 is 1.43 bits per heavy atom. The van der Waals surface area contributed by atoms with E-state index >= 15 is 0 Å². The molecule has 2 N–H and O–H groups in total. The number of carbonyl (C=O) groups is 1. The minimum atomic E-state index is -3.83. The summed E-state index contributed by atoms with van der Waals surface area (Å²) >= 11 is 0. The average molecular weight is 426 g/mol.